The average Bonchev–Trinajstić information content (AvgIpc) is 2.23. The molecular formula is C11H25NO2. The summed E-state index contributed by atoms with van der Waals surface area (Å²) >= 11 is 0. The van der Waals surface area contributed by atoms with Gasteiger partial charge in [-0.15, -0.1) is 0 Å². The van der Waals surface area contributed by atoms with E-state index in [9.17, 15) is 0 Å². The highest BCUT2D eigenvalue weighted by Crippen LogP contribution is 2.12. The van der Waals surface area contributed by atoms with Crippen LogP contribution < -0.4 is 5.32 Å². The molecule has 86 valence electrons. The zero-order valence-corrected chi connectivity index (χ0v) is 9.66. The number of rotatable bonds is 8. The molecule has 0 heterocycles. The number of aliphatic hydroxyl groups excluding tert-OH is 2. The van der Waals surface area contributed by atoms with E-state index >= 15 is 0 Å². The number of aliphatic hydroxyl groups is 2. The third-order valence-electron chi connectivity index (χ3n) is 2.79. The second-order valence-electron chi connectivity index (χ2n) is 4.08. The fraction of sp³-hybridized carbons (Fsp3) is 1.00. The van der Waals surface area contributed by atoms with Crippen molar-refractivity contribution in [2.24, 2.45) is 5.92 Å². The van der Waals surface area contributed by atoms with Crippen LogP contribution in [0.4, 0.5) is 0 Å². The molecule has 0 spiro atoms. The van der Waals surface area contributed by atoms with Crippen molar-refractivity contribution in [1.29, 1.82) is 0 Å². The Labute approximate surface area is 87.5 Å². The van der Waals surface area contributed by atoms with Crippen LogP contribution in [0.2, 0.25) is 0 Å². The molecule has 0 aromatic heterocycles. The van der Waals surface area contributed by atoms with Crippen LogP contribution in [-0.4, -0.2) is 35.5 Å². The first-order valence-corrected chi connectivity index (χ1v) is 5.65. The van der Waals surface area contributed by atoms with Crippen LogP contribution in [-0.2, 0) is 0 Å². The first-order valence-electron chi connectivity index (χ1n) is 5.65. The van der Waals surface area contributed by atoms with Crippen molar-refractivity contribution >= 4 is 0 Å². The van der Waals surface area contributed by atoms with Crippen LogP contribution >= 0.6 is 0 Å². The monoisotopic (exact) mass is 203 g/mol. The summed E-state index contributed by atoms with van der Waals surface area (Å²) in [4.78, 5) is 0. The van der Waals surface area contributed by atoms with Crippen LogP contribution in [0.25, 0.3) is 0 Å². The normalized spacial score (nSPS) is 15.9. The molecule has 2 atom stereocenters. The van der Waals surface area contributed by atoms with E-state index in [4.69, 9.17) is 10.2 Å². The largest absolute Gasteiger partial charge is 0.395 e. The summed E-state index contributed by atoms with van der Waals surface area (Å²) in [6, 6.07) is 0.248. The van der Waals surface area contributed by atoms with Crippen LogP contribution in [0.3, 0.4) is 0 Å². The lowest BCUT2D eigenvalue weighted by molar-refractivity contribution is 0.156. The molecule has 0 rings (SSSR count). The first kappa shape index (κ1) is 13.9. The number of hydrogen-bond donors (Lipinski definition) is 3. The molecule has 0 aliphatic carbocycles. The standard InChI is InChI=1S/C11H25NO2/c1-4-9(3)6-10(5-2)12-11(7-13)8-14/h9-14H,4-8H2,1-3H3/t9-,10-/m1/s1. The highest BCUT2D eigenvalue weighted by Gasteiger charge is 2.14. The summed E-state index contributed by atoms with van der Waals surface area (Å²) in [5, 5.41) is 21.1. The fourth-order valence-corrected chi connectivity index (χ4v) is 1.50. The van der Waals surface area contributed by atoms with Crippen molar-refractivity contribution in [2.45, 2.75) is 52.1 Å². The predicted octanol–water partition coefficient (Wildman–Crippen LogP) is 1.14. The van der Waals surface area contributed by atoms with Gasteiger partial charge in [-0.05, 0) is 18.8 Å². The Balaban J connectivity index is 3.88. The SMILES string of the molecule is CC[C@@H](C)C[C@@H](CC)NC(CO)CO. The van der Waals surface area contributed by atoms with Gasteiger partial charge in [-0.1, -0.05) is 27.2 Å². The van der Waals surface area contributed by atoms with Crippen LogP contribution in [0.15, 0.2) is 0 Å². The number of hydrogen-bond acceptors (Lipinski definition) is 3. The van der Waals surface area contributed by atoms with Gasteiger partial charge in [-0.25, -0.2) is 0 Å². The minimum atomic E-state index is -0.163. The maximum Gasteiger partial charge on any atom is 0.0607 e. The van der Waals surface area contributed by atoms with Crippen LogP contribution in [0, 0.1) is 5.92 Å². The van der Waals surface area contributed by atoms with Gasteiger partial charge in [0.05, 0.1) is 19.3 Å². The van der Waals surface area contributed by atoms with Gasteiger partial charge in [-0.3, -0.25) is 0 Å². The van der Waals surface area contributed by atoms with E-state index in [1.54, 1.807) is 0 Å². The number of nitrogens with one attached hydrogen (secondary N) is 1. The van der Waals surface area contributed by atoms with Gasteiger partial charge in [0.15, 0.2) is 0 Å². The predicted molar refractivity (Wildman–Crippen MR) is 59.2 cm³/mol. The highest BCUT2D eigenvalue weighted by atomic mass is 16.3. The smallest absolute Gasteiger partial charge is 0.0607 e. The fourth-order valence-electron chi connectivity index (χ4n) is 1.50. The lowest BCUT2D eigenvalue weighted by atomic mass is 9.97. The topological polar surface area (TPSA) is 52.5 Å². The average molecular weight is 203 g/mol. The van der Waals surface area contributed by atoms with Gasteiger partial charge < -0.3 is 15.5 Å². The summed E-state index contributed by atoms with van der Waals surface area (Å²) in [5.74, 6) is 0.700. The third-order valence-corrected chi connectivity index (χ3v) is 2.79. The van der Waals surface area contributed by atoms with Crippen molar-refractivity contribution in [3.05, 3.63) is 0 Å². The summed E-state index contributed by atoms with van der Waals surface area (Å²) in [5.41, 5.74) is 0. The second-order valence-corrected chi connectivity index (χ2v) is 4.08. The molecule has 0 saturated carbocycles. The molecule has 3 nitrogen and oxygen atoms in total. The molecule has 0 aliphatic heterocycles. The molecule has 0 radical (unpaired) electrons. The van der Waals surface area contributed by atoms with E-state index < -0.39 is 0 Å². The van der Waals surface area contributed by atoms with Gasteiger partial charge in [0.1, 0.15) is 0 Å². The van der Waals surface area contributed by atoms with Gasteiger partial charge in [0.25, 0.3) is 0 Å². The molecular weight excluding hydrogens is 178 g/mol. The molecule has 0 aliphatic rings. The molecule has 3 heteroatoms. The van der Waals surface area contributed by atoms with Gasteiger partial charge in [-0.2, -0.15) is 0 Å². The summed E-state index contributed by atoms with van der Waals surface area (Å²) in [6.45, 7) is 6.57. The van der Waals surface area contributed by atoms with Gasteiger partial charge in [0, 0.05) is 6.04 Å². The quantitative estimate of drug-likeness (QED) is 0.554. The molecule has 0 aromatic rings. The minimum absolute atomic E-state index is 0.00745. The summed E-state index contributed by atoms with van der Waals surface area (Å²) in [6.07, 6.45) is 3.34. The van der Waals surface area contributed by atoms with Gasteiger partial charge in [0.2, 0.25) is 0 Å². The van der Waals surface area contributed by atoms with Crippen LogP contribution in [0.1, 0.15) is 40.0 Å². The minimum Gasteiger partial charge on any atom is -0.395 e. The van der Waals surface area contributed by atoms with E-state index in [-0.39, 0.29) is 19.3 Å². The molecule has 14 heavy (non-hydrogen) atoms. The van der Waals surface area contributed by atoms with E-state index in [0.717, 1.165) is 12.8 Å². The Morgan fingerprint density at radius 1 is 1.00 bits per heavy atom. The van der Waals surface area contributed by atoms with Crippen molar-refractivity contribution in [1.82, 2.24) is 5.32 Å². The van der Waals surface area contributed by atoms with Crippen molar-refractivity contribution in [3.8, 4) is 0 Å². The Hall–Kier alpha value is -0.120. The highest BCUT2D eigenvalue weighted by molar-refractivity contribution is 4.73. The zero-order valence-electron chi connectivity index (χ0n) is 9.66. The van der Waals surface area contributed by atoms with Gasteiger partial charge >= 0.3 is 0 Å². The van der Waals surface area contributed by atoms with E-state index in [2.05, 4.69) is 26.1 Å². The Morgan fingerprint density at radius 3 is 1.93 bits per heavy atom. The van der Waals surface area contributed by atoms with Crippen molar-refractivity contribution < 1.29 is 10.2 Å². The zero-order chi connectivity index (χ0) is 11.0. The summed E-state index contributed by atoms with van der Waals surface area (Å²) in [7, 11) is 0. The molecule has 3 N–H and O–H groups in total. The van der Waals surface area contributed by atoms with Crippen LogP contribution in [0.5, 0.6) is 0 Å². The second kappa shape index (κ2) is 8.21. The molecule has 0 amide bonds. The molecule has 0 unspecified atom stereocenters. The maximum atomic E-state index is 8.94. The lowest BCUT2D eigenvalue weighted by Gasteiger charge is -2.24. The van der Waals surface area contributed by atoms with Crippen molar-refractivity contribution in [3.63, 3.8) is 0 Å². The van der Waals surface area contributed by atoms with E-state index in [1.807, 2.05) is 0 Å². The Bertz CT molecular complexity index is 126. The molecule has 0 fully saturated rings. The lowest BCUT2D eigenvalue weighted by Crippen LogP contribution is -2.43. The molecule has 0 aromatic carbocycles. The Kier molecular flexibility index (Phi) is 8.14. The van der Waals surface area contributed by atoms with Crippen molar-refractivity contribution in [2.75, 3.05) is 13.2 Å². The molecule has 0 saturated heterocycles. The maximum absolute atomic E-state index is 8.94. The Morgan fingerprint density at radius 2 is 1.57 bits per heavy atom. The summed E-state index contributed by atoms with van der Waals surface area (Å²) < 4.78 is 0. The van der Waals surface area contributed by atoms with E-state index in [0.29, 0.717) is 12.0 Å². The molecule has 0 bridgehead atoms. The first-order chi connectivity index (χ1) is 6.67. The third kappa shape index (κ3) is 5.58. The van der Waals surface area contributed by atoms with E-state index in [1.165, 1.54) is 6.42 Å².